The van der Waals surface area contributed by atoms with Crippen molar-refractivity contribution in [3.05, 3.63) is 0 Å². The van der Waals surface area contributed by atoms with Crippen molar-refractivity contribution in [2.75, 3.05) is 98.9 Å². The van der Waals surface area contributed by atoms with Crippen molar-refractivity contribution in [3.63, 3.8) is 0 Å². The second-order valence-electron chi connectivity index (χ2n) is 12.4. The van der Waals surface area contributed by atoms with Gasteiger partial charge in [-0.15, -0.1) is 0 Å². The van der Waals surface area contributed by atoms with E-state index in [1.165, 1.54) is 90.4 Å². The van der Waals surface area contributed by atoms with Crippen LogP contribution in [0.15, 0.2) is 0 Å². The Hall–Kier alpha value is -2.16. The maximum Gasteiger partial charge on any atom is 0.246 e. The molecule has 0 aromatic carbocycles. The van der Waals surface area contributed by atoms with E-state index in [1.54, 1.807) is 0 Å². The molecule has 0 radical (unpaired) electrons. The lowest BCUT2D eigenvalue weighted by molar-refractivity contribution is -0.127. The molecule has 13 heteroatoms. The summed E-state index contributed by atoms with van der Waals surface area (Å²) in [4.78, 5) is 46.3. The number of hydrogen-bond acceptors (Lipinski definition) is 10. The third-order valence-electron chi connectivity index (χ3n) is 7.60. The maximum atomic E-state index is 12.0. The summed E-state index contributed by atoms with van der Waals surface area (Å²) < 4.78 is 31.7. The molecule has 0 saturated carbocycles. The topological polar surface area (TPSA) is 160 Å². The summed E-state index contributed by atoms with van der Waals surface area (Å²) in [7, 11) is 0. The molecular formula is C37H71N3O10. The lowest BCUT2D eigenvalue weighted by Gasteiger charge is -2.09. The maximum absolute atomic E-state index is 12.0. The first kappa shape index (κ1) is 47.8. The predicted octanol–water partition coefficient (Wildman–Crippen LogP) is 4.29. The molecule has 0 saturated heterocycles. The van der Waals surface area contributed by atoms with E-state index < -0.39 is 0 Å². The van der Waals surface area contributed by atoms with E-state index in [0.717, 1.165) is 12.8 Å². The number of carbonyl (C=O) groups is 4. The van der Waals surface area contributed by atoms with Gasteiger partial charge in [0.2, 0.25) is 17.7 Å². The number of ether oxygens (including phenoxy) is 6. The highest BCUT2D eigenvalue weighted by molar-refractivity contribution is 5.77. The zero-order valence-corrected chi connectivity index (χ0v) is 31.5. The van der Waals surface area contributed by atoms with Crippen LogP contribution < -0.4 is 16.0 Å². The molecule has 0 bridgehead atoms. The van der Waals surface area contributed by atoms with E-state index in [9.17, 15) is 19.2 Å². The normalized spacial score (nSPS) is 11.1. The summed E-state index contributed by atoms with van der Waals surface area (Å²) in [5.74, 6) is -0.476. The first-order valence-corrected chi connectivity index (χ1v) is 19.2. The van der Waals surface area contributed by atoms with E-state index in [0.29, 0.717) is 72.3 Å². The highest BCUT2D eigenvalue weighted by atomic mass is 16.5. The van der Waals surface area contributed by atoms with Gasteiger partial charge in [-0.05, 0) is 13.3 Å². The van der Waals surface area contributed by atoms with Gasteiger partial charge in [0.1, 0.15) is 19.8 Å². The van der Waals surface area contributed by atoms with Crippen molar-refractivity contribution in [2.45, 2.75) is 117 Å². The SMILES string of the molecule is CCCCCCCCCCCCCCCCCC(=O)NCCOCCOCC(=O)NCCOCCOCC(=O)NCCOCCOCC(C)=O. The van der Waals surface area contributed by atoms with Crippen LogP contribution in [0.4, 0.5) is 0 Å². The van der Waals surface area contributed by atoms with Gasteiger partial charge in [-0.3, -0.25) is 19.2 Å². The third kappa shape index (κ3) is 40.3. The Kier molecular flexibility index (Phi) is 37.9. The lowest BCUT2D eigenvalue weighted by Crippen LogP contribution is -2.32. The van der Waals surface area contributed by atoms with Crippen molar-refractivity contribution < 1.29 is 47.6 Å². The van der Waals surface area contributed by atoms with E-state index in [2.05, 4.69) is 22.9 Å². The van der Waals surface area contributed by atoms with Gasteiger partial charge < -0.3 is 44.4 Å². The van der Waals surface area contributed by atoms with Crippen LogP contribution in [-0.2, 0) is 47.6 Å². The fourth-order valence-electron chi connectivity index (χ4n) is 4.84. The number of amides is 3. The second kappa shape index (κ2) is 39.6. The highest BCUT2D eigenvalue weighted by Crippen LogP contribution is 2.13. The molecule has 0 aliphatic heterocycles. The van der Waals surface area contributed by atoms with E-state index in [1.807, 2.05) is 0 Å². The molecule has 3 amide bonds. The number of nitrogens with one attached hydrogen (secondary N) is 3. The average Bonchev–Trinajstić information content (AvgIpc) is 3.09. The number of Topliss-reactive ketones (excluding diaryl/α,β-unsaturated/α-hetero) is 1. The van der Waals surface area contributed by atoms with Gasteiger partial charge in [0, 0.05) is 26.1 Å². The zero-order chi connectivity index (χ0) is 36.6. The van der Waals surface area contributed by atoms with E-state index in [-0.39, 0.29) is 56.5 Å². The first-order chi connectivity index (χ1) is 24.5. The van der Waals surface area contributed by atoms with Gasteiger partial charge in [0.25, 0.3) is 0 Å². The minimum atomic E-state index is -0.258. The Bertz CT molecular complexity index is 803. The van der Waals surface area contributed by atoms with Gasteiger partial charge >= 0.3 is 0 Å². The van der Waals surface area contributed by atoms with Crippen LogP contribution >= 0.6 is 0 Å². The molecule has 0 aromatic rings. The standard InChI is InChI=1S/C37H71N3O10/c1-3-4-5-6-7-8-9-10-11-12-13-14-15-16-17-18-35(42)38-19-22-45-26-29-49-32-37(44)40-21-24-47-27-30-50-33-36(43)39-20-23-46-25-28-48-31-34(2)41/h3-33H2,1-2H3,(H,38,42)(H,39,43)(H,40,44). The van der Waals surface area contributed by atoms with Crippen molar-refractivity contribution in [2.24, 2.45) is 0 Å². The molecule has 0 fully saturated rings. The predicted molar refractivity (Wildman–Crippen MR) is 194 cm³/mol. The largest absolute Gasteiger partial charge is 0.377 e. The second-order valence-corrected chi connectivity index (χ2v) is 12.4. The van der Waals surface area contributed by atoms with Gasteiger partial charge in [0.05, 0.1) is 59.5 Å². The summed E-state index contributed by atoms with van der Waals surface area (Å²) in [5.41, 5.74) is 0. The van der Waals surface area contributed by atoms with Gasteiger partial charge in [0.15, 0.2) is 5.78 Å². The Morgan fingerprint density at radius 2 is 0.700 bits per heavy atom. The van der Waals surface area contributed by atoms with E-state index >= 15 is 0 Å². The molecule has 0 aliphatic carbocycles. The molecular weight excluding hydrogens is 646 g/mol. The molecule has 0 unspecified atom stereocenters. The van der Waals surface area contributed by atoms with Crippen LogP contribution in [0, 0.1) is 0 Å². The minimum absolute atomic E-state index is 0.0379. The number of carbonyl (C=O) groups excluding carboxylic acids is 4. The molecule has 0 rings (SSSR count). The Morgan fingerprint density at radius 1 is 0.380 bits per heavy atom. The first-order valence-electron chi connectivity index (χ1n) is 19.2. The zero-order valence-electron chi connectivity index (χ0n) is 31.5. The molecule has 0 aromatic heterocycles. The molecule has 294 valence electrons. The third-order valence-corrected chi connectivity index (χ3v) is 7.60. The number of unbranched alkanes of at least 4 members (excludes halogenated alkanes) is 14. The lowest BCUT2D eigenvalue weighted by atomic mass is 10.0. The summed E-state index contributed by atoms with van der Waals surface area (Å²) in [6, 6.07) is 0. The van der Waals surface area contributed by atoms with Crippen molar-refractivity contribution >= 4 is 23.5 Å². The van der Waals surface area contributed by atoms with Crippen LogP contribution in [-0.4, -0.2) is 122 Å². The van der Waals surface area contributed by atoms with E-state index in [4.69, 9.17) is 28.4 Å². The van der Waals surface area contributed by atoms with Gasteiger partial charge in [-0.25, -0.2) is 0 Å². The summed E-state index contributed by atoms with van der Waals surface area (Å²) >= 11 is 0. The highest BCUT2D eigenvalue weighted by Gasteiger charge is 2.04. The average molecular weight is 718 g/mol. The molecule has 0 spiro atoms. The summed E-state index contributed by atoms with van der Waals surface area (Å²) in [5, 5.41) is 8.25. The quantitative estimate of drug-likeness (QED) is 0.0781. The van der Waals surface area contributed by atoms with Crippen LogP contribution in [0.5, 0.6) is 0 Å². The molecule has 3 N–H and O–H groups in total. The summed E-state index contributed by atoms with van der Waals surface area (Å²) in [6.45, 7) is 7.67. The monoisotopic (exact) mass is 718 g/mol. The number of rotatable bonds is 40. The van der Waals surface area contributed by atoms with Crippen LogP contribution in [0.25, 0.3) is 0 Å². The number of hydrogen-bond donors (Lipinski definition) is 3. The minimum Gasteiger partial charge on any atom is -0.377 e. The van der Waals surface area contributed by atoms with Crippen LogP contribution in [0.1, 0.15) is 117 Å². The molecule has 13 nitrogen and oxygen atoms in total. The molecule has 0 atom stereocenters. The smallest absolute Gasteiger partial charge is 0.246 e. The molecule has 50 heavy (non-hydrogen) atoms. The van der Waals surface area contributed by atoms with Gasteiger partial charge in [-0.1, -0.05) is 96.8 Å². The summed E-state index contributed by atoms with van der Waals surface area (Å²) in [6.07, 6.45) is 20.2. The Balaban J connectivity index is 3.31. The van der Waals surface area contributed by atoms with Crippen LogP contribution in [0.3, 0.4) is 0 Å². The molecule has 0 aliphatic rings. The van der Waals surface area contributed by atoms with Crippen molar-refractivity contribution in [3.8, 4) is 0 Å². The fourth-order valence-corrected chi connectivity index (χ4v) is 4.84. The number of ketones is 1. The van der Waals surface area contributed by atoms with Crippen molar-refractivity contribution in [1.29, 1.82) is 0 Å². The molecule has 0 heterocycles. The Labute approximate surface area is 302 Å². The van der Waals surface area contributed by atoms with Crippen molar-refractivity contribution in [1.82, 2.24) is 16.0 Å². The van der Waals surface area contributed by atoms with Crippen LogP contribution in [0.2, 0.25) is 0 Å². The Morgan fingerprint density at radius 3 is 1.08 bits per heavy atom. The fraction of sp³-hybridized carbons (Fsp3) is 0.892. The van der Waals surface area contributed by atoms with Gasteiger partial charge in [-0.2, -0.15) is 0 Å².